The zero-order chi connectivity index (χ0) is 9.72. The summed E-state index contributed by atoms with van der Waals surface area (Å²) in [6, 6.07) is 0. The Balaban J connectivity index is 4.70. The first-order valence-corrected chi connectivity index (χ1v) is 4.12. The number of hydrogen-bond acceptors (Lipinski definition) is 0. The Morgan fingerprint density at radius 1 is 0.917 bits per heavy atom. The van der Waals surface area contributed by atoms with Gasteiger partial charge in [0.2, 0.25) is 0 Å². The fraction of sp³-hybridized carbons (Fsp3) is 0.333. The molecule has 0 aliphatic carbocycles. The first-order valence-electron chi connectivity index (χ1n) is 4.12. The molecule has 0 bridgehead atoms. The van der Waals surface area contributed by atoms with Crippen molar-refractivity contribution < 1.29 is 0 Å². The molecule has 0 heterocycles. The summed E-state index contributed by atoms with van der Waals surface area (Å²) in [5.74, 6) is 0. The molecule has 0 heteroatoms. The molecule has 0 saturated carbocycles. The van der Waals surface area contributed by atoms with Crippen molar-refractivity contribution in [3.05, 3.63) is 47.6 Å². The molecule has 0 aliphatic rings. The van der Waals surface area contributed by atoms with E-state index in [0.29, 0.717) is 0 Å². The van der Waals surface area contributed by atoms with Crippen LogP contribution in [-0.2, 0) is 0 Å². The summed E-state index contributed by atoms with van der Waals surface area (Å²) in [5.41, 5.74) is 4.68. The third-order valence-corrected chi connectivity index (χ3v) is 1.53. The fourth-order valence-electron chi connectivity index (χ4n) is 0.961. The van der Waals surface area contributed by atoms with Crippen molar-refractivity contribution in [1.82, 2.24) is 0 Å². The Morgan fingerprint density at radius 2 is 1.42 bits per heavy atom. The van der Waals surface area contributed by atoms with Crippen LogP contribution in [0.15, 0.2) is 47.6 Å². The number of allylic oxidation sites excluding steroid dienone is 6. The van der Waals surface area contributed by atoms with Crippen molar-refractivity contribution >= 4 is 0 Å². The molecule has 0 fully saturated rings. The van der Waals surface area contributed by atoms with Gasteiger partial charge in [-0.05, 0) is 33.3 Å². The molecule has 0 spiro atoms. The van der Waals surface area contributed by atoms with Crippen molar-refractivity contribution in [2.75, 3.05) is 0 Å². The Labute approximate surface area is 76.0 Å². The van der Waals surface area contributed by atoms with E-state index in [1.165, 1.54) is 11.1 Å². The molecule has 0 nitrogen and oxygen atoms in total. The average Bonchev–Trinajstić information content (AvgIpc) is 1.84. The Kier molecular flexibility index (Phi) is 4.35. The van der Waals surface area contributed by atoms with Crippen LogP contribution in [0.5, 0.6) is 0 Å². The topological polar surface area (TPSA) is 0 Å². The minimum Gasteiger partial charge on any atom is -0.0961 e. The smallest absolute Gasteiger partial charge is 0.0247 e. The SMILES string of the molecule is C=C(C)/C=C\C(C(=C)C)=C(C)C. The van der Waals surface area contributed by atoms with Gasteiger partial charge in [0.15, 0.2) is 0 Å². The maximum absolute atomic E-state index is 3.92. The summed E-state index contributed by atoms with van der Waals surface area (Å²) in [5, 5.41) is 0. The van der Waals surface area contributed by atoms with Crippen LogP contribution in [0.4, 0.5) is 0 Å². The van der Waals surface area contributed by atoms with E-state index in [-0.39, 0.29) is 0 Å². The first kappa shape index (κ1) is 11.0. The molecule has 0 aromatic rings. The molecule has 0 rings (SSSR count). The second kappa shape index (κ2) is 4.76. The molecular weight excluding hydrogens is 144 g/mol. The van der Waals surface area contributed by atoms with Crippen molar-refractivity contribution in [1.29, 1.82) is 0 Å². The lowest BCUT2D eigenvalue weighted by Crippen LogP contribution is -1.82. The van der Waals surface area contributed by atoms with Crippen LogP contribution in [0, 0.1) is 0 Å². The summed E-state index contributed by atoms with van der Waals surface area (Å²) in [7, 11) is 0. The lowest BCUT2D eigenvalue weighted by molar-refractivity contribution is 1.29. The fourth-order valence-corrected chi connectivity index (χ4v) is 0.961. The van der Waals surface area contributed by atoms with Gasteiger partial charge in [-0.2, -0.15) is 0 Å². The number of hydrogen-bond donors (Lipinski definition) is 0. The van der Waals surface area contributed by atoms with Gasteiger partial charge in [-0.25, -0.2) is 0 Å². The van der Waals surface area contributed by atoms with Crippen molar-refractivity contribution in [3.8, 4) is 0 Å². The van der Waals surface area contributed by atoms with E-state index in [1.54, 1.807) is 0 Å². The van der Waals surface area contributed by atoms with Crippen LogP contribution in [-0.4, -0.2) is 0 Å². The predicted octanol–water partition coefficient (Wildman–Crippen LogP) is 4.03. The molecule has 0 N–H and O–H groups in total. The number of rotatable bonds is 3. The van der Waals surface area contributed by atoms with Gasteiger partial charge in [-0.1, -0.05) is 42.0 Å². The van der Waals surface area contributed by atoms with Gasteiger partial charge in [-0.15, -0.1) is 0 Å². The molecule has 0 aromatic carbocycles. The van der Waals surface area contributed by atoms with Crippen molar-refractivity contribution in [3.63, 3.8) is 0 Å². The molecule has 0 atom stereocenters. The van der Waals surface area contributed by atoms with Gasteiger partial charge >= 0.3 is 0 Å². The van der Waals surface area contributed by atoms with E-state index in [9.17, 15) is 0 Å². The average molecular weight is 162 g/mol. The van der Waals surface area contributed by atoms with Gasteiger partial charge in [0.05, 0.1) is 0 Å². The predicted molar refractivity (Wildman–Crippen MR) is 57.1 cm³/mol. The minimum atomic E-state index is 1.06. The second-order valence-electron chi connectivity index (χ2n) is 3.37. The van der Waals surface area contributed by atoms with Gasteiger partial charge < -0.3 is 0 Å². The van der Waals surface area contributed by atoms with E-state index >= 15 is 0 Å². The van der Waals surface area contributed by atoms with Gasteiger partial charge in [0.1, 0.15) is 0 Å². The lowest BCUT2D eigenvalue weighted by atomic mass is 10.0. The summed E-state index contributed by atoms with van der Waals surface area (Å²) in [6.45, 7) is 15.9. The van der Waals surface area contributed by atoms with E-state index in [1.807, 2.05) is 19.9 Å². The Morgan fingerprint density at radius 3 is 1.67 bits per heavy atom. The maximum Gasteiger partial charge on any atom is -0.0247 e. The summed E-state index contributed by atoms with van der Waals surface area (Å²) >= 11 is 0. The molecule has 0 amide bonds. The van der Waals surface area contributed by atoms with Crippen LogP contribution in [0.3, 0.4) is 0 Å². The molecular formula is C12H18. The van der Waals surface area contributed by atoms with Gasteiger partial charge in [0.25, 0.3) is 0 Å². The van der Waals surface area contributed by atoms with Gasteiger partial charge in [-0.3, -0.25) is 0 Å². The van der Waals surface area contributed by atoms with Crippen LogP contribution >= 0.6 is 0 Å². The normalized spacial score (nSPS) is 10.0. The third-order valence-electron chi connectivity index (χ3n) is 1.53. The second-order valence-corrected chi connectivity index (χ2v) is 3.37. The van der Waals surface area contributed by atoms with Crippen LogP contribution in [0.2, 0.25) is 0 Å². The van der Waals surface area contributed by atoms with Crippen LogP contribution < -0.4 is 0 Å². The largest absolute Gasteiger partial charge is 0.0961 e. The van der Waals surface area contributed by atoms with E-state index in [2.05, 4.69) is 33.1 Å². The molecule has 0 radical (unpaired) electrons. The molecule has 0 unspecified atom stereocenters. The molecule has 0 aromatic heterocycles. The summed E-state index contributed by atoms with van der Waals surface area (Å²) in [4.78, 5) is 0. The zero-order valence-corrected chi connectivity index (χ0v) is 8.57. The van der Waals surface area contributed by atoms with Crippen molar-refractivity contribution in [2.45, 2.75) is 27.7 Å². The van der Waals surface area contributed by atoms with E-state index in [0.717, 1.165) is 11.1 Å². The van der Waals surface area contributed by atoms with Crippen LogP contribution in [0.25, 0.3) is 0 Å². The molecule has 66 valence electrons. The summed E-state index contributed by atoms with van der Waals surface area (Å²) in [6.07, 6.45) is 4.08. The van der Waals surface area contributed by atoms with E-state index < -0.39 is 0 Å². The molecule has 0 aliphatic heterocycles. The Bertz CT molecular complexity index is 245. The van der Waals surface area contributed by atoms with E-state index in [4.69, 9.17) is 0 Å². The Hall–Kier alpha value is -1.04. The first-order chi connectivity index (χ1) is 5.45. The zero-order valence-electron chi connectivity index (χ0n) is 8.57. The van der Waals surface area contributed by atoms with Crippen LogP contribution in [0.1, 0.15) is 27.7 Å². The quantitative estimate of drug-likeness (QED) is 0.549. The lowest BCUT2D eigenvalue weighted by Gasteiger charge is -2.03. The summed E-state index contributed by atoms with van der Waals surface area (Å²) < 4.78 is 0. The molecule has 12 heavy (non-hydrogen) atoms. The minimum absolute atomic E-state index is 1.06. The monoisotopic (exact) mass is 162 g/mol. The van der Waals surface area contributed by atoms with Gasteiger partial charge in [0, 0.05) is 0 Å². The standard InChI is InChI=1S/C12H18/c1-9(2)7-8-12(10(3)4)11(5)6/h7-8H,1,3H2,2,4-6H3/b8-7-. The third kappa shape index (κ3) is 3.97. The van der Waals surface area contributed by atoms with Crippen molar-refractivity contribution in [2.24, 2.45) is 0 Å². The maximum atomic E-state index is 3.92. The highest BCUT2D eigenvalue weighted by Crippen LogP contribution is 2.14. The highest BCUT2D eigenvalue weighted by molar-refractivity contribution is 5.41. The highest BCUT2D eigenvalue weighted by Gasteiger charge is 1.94. The highest BCUT2D eigenvalue weighted by atomic mass is 14.0. The molecule has 0 saturated heterocycles.